The number of hydrogen-bond donors (Lipinski definition) is 2. The number of nitrogens with one attached hydrogen (secondary N) is 2. The Morgan fingerprint density at radius 2 is 1.77 bits per heavy atom. The van der Waals surface area contributed by atoms with E-state index < -0.39 is 15.9 Å². The van der Waals surface area contributed by atoms with Crippen LogP contribution in [0.2, 0.25) is 5.02 Å². The lowest BCUT2D eigenvalue weighted by molar-refractivity contribution is -0.123. The highest BCUT2D eigenvalue weighted by molar-refractivity contribution is 7.89. The van der Waals surface area contributed by atoms with Gasteiger partial charge in [-0.2, -0.15) is 0 Å². The van der Waals surface area contributed by atoms with Crippen molar-refractivity contribution in [2.45, 2.75) is 4.90 Å². The highest BCUT2D eigenvalue weighted by Gasteiger charge is 2.20. The van der Waals surface area contributed by atoms with Gasteiger partial charge in [-0.15, -0.1) is 4.83 Å². The normalized spacial score (nSPS) is 13.1. The van der Waals surface area contributed by atoms with E-state index in [1.54, 1.807) is 24.3 Å². The summed E-state index contributed by atoms with van der Waals surface area (Å²) in [6.07, 6.45) is 0. The van der Waals surface area contributed by atoms with Gasteiger partial charge in [-0.25, -0.2) is 8.42 Å². The maximum atomic E-state index is 12.3. The number of hydrazine groups is 1. The van der Waals surface area contributed by atoms with E-state index >= 15 is 0 Å². The van der Waals surface area contributed by atoms with Crippen LogP contribution in [-0.4, -0.2) is 34.1 Å². The second-order valence-corrected chi connectivity index (χ2v) is 7.32. The molecule has 8 nitrogen and oxygen atoms in total. The van der Waals surface area contributed by atoms with Gasteiger partial charge < -0.3 is 14.2 Å². The zero-order chi connectivity index (χ0) is 18.6. The van der Waals surface area contributed by atoms with Crippen LogP contribution >= 0.6 is 11.6 Å². The second kappa shape index (κ2) is 7.81. The number of fused-ring (bicyclic) bond motifs is 1. The Bertz CT molecular complexity index is 901. The van der Waals surface area contributed by atoms with E-state index in [9.17, 15) is 13.2 Å². The minimum absolute atomic E-state index is 0.0688. The van der Waals surface area contributed by atoms with E-state index in [1.165, 1.54) is 18.2 Å². The van der Waals surface area contributed by atoms with Crippen LogP contribution < -0.4 is 24.5 Å². The molecule has 0 saturated heterocycles. The number of hydrogen-bond acceptors (Lipinski definition) is 6. The molecular weight excluding hydrogens is 384 g/mol. The minimum atomic E-state index is -3.97. The minimum Gasteiger partial charge on any atom is -0.486 e. The maximum absolute atomic E-state index is 12.3. The molecule has 26 heavy (non-hydrogen) atoms. The van der Waals surface area contributed by atoms with E-state index in [-0.39, 0.29) is 11.5 Å². The topological polar surface area (TPSA) is 103 Å². The predicted molar refractivity (Wildman–Crippen MR) is 92.8 cm³/mol. The molecule has 1 aliphatic rings. The molecular formula is C16H15ClN2O6S. The Morgan fingerprint density at radius 3 is 2.50 bits per heavy atom. The molecule has 2 N–H and O–H groups in total. The third-order valence-electron chi connectivity index (χ3n) is 3.33. The van der Waals surface area contributed by atoms with Gasteiger partial charge in [-0.3, -0.25) is 10.2 Å². The van der Waals surface area contributed by atoms with Gasteiger partial charge >= 0.3 is 0 Å². The molecule has 0 atom stereocenters. The molecule has 3 rings (SSSR count). The predicted octanol–water partition coefficient (Wildman–Crippen LogP) is 1.50. The lowest BCUT2D eigenvalue weighted by atomic mass is 10.3. The highest BCUT2D eigenvalue weighted by atomic mass is 35.5. The molecule has 138 valence electrons. The van der Waals surface area contributed by atoms with Crippen LogP contribution in [0, 0.1) is 0 Å². The van der Waals surface area contributed by atoms with Crippen LogP contribution in [0.25, 0.3) is 0 Å². The fourth-order valence-corrected chi connectivity index (χ4v) is 3.09. The van der Waals surface area contributed by atoms with Gasteiger partial charge in [0, 0.05) is 11.1 Å². The van der Waals surface area contributed by atoms with Gasteiger partial charge in [0.15, 0.2) is 18.1 Å². The Morgan fingerprint density at radius 1 is 1.08 bits per heavy atom. The van der Waals surface area contributed by atoms with Crippen molar-refractivity contribution >= 4 is 27.5 Å². The van der Waals surface area contributed by atoms with E-state index in [0.717, 1.165) is 0 Å². The summed E-state index contributed by atoms with van der Waals surface area (Å²) in [7, 11) is -3.97. The van der Waals surface area contributed by atoms with Crippen LogP contribution in [0.4, 0.5) is 0 Å². The quantitative estimate of drug-likeness (QED) is 0.715. The zero-order valence-corrected chi connectivity index (χ0v) is 15.0. The van der Waals surface area contributed by atoms with Crippen molar-refractivity contribution in [1.82, 2.24) is 10.3 Å². The number of amides is 1. The first kappa shape index (κ1) is 18.3. The molecule has 2 aromatic rings. The SMILES string of the molecule is O=C(COc1ccc(Cl)cc1)NNS(=O)(=O)c1ccc2c(c1)OCCO2. The summed E-state index contributed by atoms with van der Waals surface area (Å²) < 4.78 is 40.4. The summed E-state index contributed by atoms with van der Waals surface area (Å²) in [5.74, 6) is 0.562. The Labute approximate surface area is 155 Å². The largest absolute Gasteiger partial charge is 0.486 e. The summed E-state index contributed by atoms with van der Waals surface area (Å²) in [6.45, 7) is 0.370. The molecule has 0 aromatic heterocycles. The lowest BCUT2D eigenvalue weighted by Gasteiger charge is -2.19. The number of carbonyl (C=O) groups is 1. The molecule has 0 bridgehead atoms. The number of halogens is 1. The molecule has 0 fully saturated rings. The Hall–Kier alpha value is -2.49. The maximum Gasteiger partial charge on any atom is 0.272 e. The fourth-order valence-electron chi connectivity index (χ4n) is 2.09. The summed E-state index contributed by atoms with van der Waals surface area (Å²) in [5, 5.41) is 0.536. The van der Waals surface area contributed by atoms with Crippen LogP contribution in [0.15, 0.2) is 47.4 Å². The molecule has 2 aromatic carbocycles. The van der Waals surface area contributed by atoms with E-state index in [1.807, 2.05) is 4.83 Å². The summed E-state index contributed by atoms with van der Waals surface area (Å²) in [4.78, 5) is 13.7. The van der Waals surface area contributed by atoms with Crippen molar-refractivity contribution in [2.24, 2.45) is 0 Å². The number of sulfonamides is 1. The zero-order valence-electron chi connectivity index (χ0n) is 13.4. The van der Waals surface area contributed by atoms with Gasteiger partial charge in [0.1, 0.15) is 19.0 Å². The van der Waals surface area contributed by atoms with Crippen LogP contribution in [0.5, 0.6) is 17.2 Å². The van der Waals surface area contributed by atoms with Crippen LogP contribution in [0.3, 0.4) is 0 Å². The van der Waals surface area contributed by atoms with Gasteiger partial charge in [0.05, 0.1) is 4.90 Å². The molecule has 1 amide bonds. The third-order valence-corrected chi connectivity index (χ3v) is 4.83. The molecule has 0 unspecified atom stereocenters. The van der Waals surface area contributed by atoms with Crippen molar-refractivity contribution in [3.8, 4) is 17.2 Å². The Balaban J connectivity index is 1.56. The number of rotatable bonds is 6. The van der Waals surface area contributed by atoms with Gasteiger partial charge in [0.2, 0.25) is 0 Å². The van der Waals surface area contributed by atoms with Crippen molar-refractivity contribution in [3.63, 3.8) is 0 Å². The summed E-state index contributed by atoms with van der Waals surface area (Å²) >= 11 is 5.75. The third kappa shape index (κ3) is 4.57. The first-order valence-corrected chi connectivity index (χ1v) is 9.39. The van der Waals surface area contributed by atoms with E-state index in [0.29, 0.717) is 35.5 Å². The average molecular weight is 399 g/mol. The summed E-state index contributed by atoms with van der Waals surface area (Å²) in [5.41, 5.74) is 2.08. The summed E-state index contributed by atoms with van der Waals surface area (Å²) in [6, 6.07) is 10.6. The smallest absolute Gasteiger partial charge is 0.272 e. The van der Waals surface area contributed by atoms with Gasteiger partial charge in [0.25, 0.3) is 15.9 Å². The number of ether oxygens (including phenoxy) is 3. The number of carbonyl (C=O) groups excluding carboxylic acids is 1. The van der Waals surface area contributed by atoms with E-state index in [4.69, 9.17) is 25.8 Å². The van der Waals surface area contributed by atoms with Crippen molar-refractivity contribution in [2.75, 3.05) is 19.8 Å². The molecule has 1 heterocycles. The fraction of sp³-hybridized carbons (Fsp3) is 0.188. The van der Waals surface area contributed by atoms with Gasteiger partial charge in [-0.05, 0) is 36.4 Å². The first-order valence-electron chi connectivity index (χ1n) is 7.53. The van der Waals surface area contributed by atoms with E-state index in [2.05, 4.69) is 5.43 Å². The molecule has 0 radical (unpaired) electrons. The number of benzene rings is 2. The molecule has 0 spiro atoms. The standard InChI is InChI=1S/C16H15ClN2O6S/c17-11-1-3-12(4-2-11)25-10-16(20)18-19-26(21,22)13-5-6-14-15(9-13)24-8-7-23-14/h1-6,9,19H,7-8,10H2,(H,18,20). The first-order chi connectivity index (χ1) is 12.4. The van der Waals surface area contributed by atoms with Crippen molar-refractivity contribution < 1.29 is 27.4 Å². The Kier molecular flexibility index (Phi) is 5.50. The molecule has 0 saturated carbocycles. The second-order valence-electron chi connectivity index (χ2n) is 5.20. The monoisotopic (exact) mass is 398 g/mol. The van der Waals surface area contributed by atoms with Crippen molar-refractivity contribution in [1.29, 1.82) is 0 Å². The highest BCUT2D eigenvalue weighted by Crippen LogP contribution is 2.32. The van der Waals surface area contributed by atoms with Crippen molar-refractivity contribution in [3.05, 3.63) is 47.5 Å². The lowest BCUT2D eigenvalue weighted by Crippen LogP contribution is -2.43. The molecule has 10 heteroatoms. The molecule has 1 aliphatic heterocycles. The molecule has 0 aliphatic carbocycles. The van der Waals surface area contributed by atoms with Gasteiger partial charge in [-0.1, -0.05) is 11.6 Å². The average Bonchev–Trinajstić information content (AvgIpc) is 2.65. The van der Waals surface area contributed by atoms with Crippen LogP contribution in [-0.2, 0) is 14.8 Å². The van der Waals surface area contributed by atoms with Crippen LogP contribution in [0.1, 0.15) is 0 Å².